The van der Waals surface area contributed by atoms with Gasteiger partial charge in [0.25, 0.3) is 5.91 Å². The topological polar surface area (TPSA) is 84.7 Å². The Morgan fingerprint density at radius 1 is 1.31 bits per heavy atom. The molecule has 26 heavy (non-hydrogen) atoms. The largest absolute Gasteiger partial charge is 0.482 e. The fourth-order valence-corrected chi connectivity index (χ4v) is 3.51. The number of anilines is 1. The van der Waals surface area contributed by atoms with Crippen molar-refractivity contribution in [2.24, 2.45) is 11.7 Å². The van der Waals surface area contributed by atoms with E-state index in [9.17, 15) is 9.59 Å². The number of nitrogens with zero attached hydrogens (tertiary/aromatic N) is 1. The Morgan fingerprint density at radius 2 is 2.04 bits per heavy atom. The zero-order valence-corrected chi connectivity index (χ0v) is 16.2. The van der Waals surface area contributed by atoms with Gasteiger partial charge in [-0.15, -0.1) is 0 Å². The van der Waals surface area contributed by atoms with E-state index in [0.717, 1.165) is 19.3 Å². The number of amides is 2. The third kappa shape index (κ3) is 5.61. The van der Waals surface area contributed by atoms with E-state index in [-0.39, 0.29) is 30.4 Å². The molecule has 3 N–H and O–H groups in total. The van der Waals surface area contributed by atoms with Crippen LogP contribution in [0.1, 0.15) is 39.5 Å². The summed E-state index contributed by atoms with van der Waals surface area (Å²) in [6.07, 6.45) is 3.50. The van der Waals surface area contributed by atoms with Gasteiger partial charge in [0.2, 0.25) is 5.91 Å². The van der Waals surface area contributed by atoms with Gasteiger partial charge < -0.3 is 20.7 Å². The first kappa shape index (κ1) is 20.5. The molecule has 0 aliphatic heterocycles. The fourth-order valence-electron chi connectivity index (χ4n) is 3.27. The zero-order chi connectivity index (χ0) is 19.1. The first-order chi connectivity index (χ1) is 12.4. The molecule has 7 heteroatoms. The van der Waals surface area contributed by atoms with Crippen LogP contribution in [0.25, 0.3) is 0 Å². The van der Waals surface area contributed by atoms with Gasteiger partial charge in [-0.05, 0) is 50.8 Å². The van der Waals surface area contributed by atoms with Crippen LogP contribution in [-0.2, 0) is 9.59 Å². The molecule has 1 fully saturated rings. The maximum absolute atomic E-state index is 12.2. The number of nitrogens with two attached hydrogens (primary N) is 1. The van der Waals surface area contributed by atoms with Crippen LogP contribution in [0.15, 0.2) is 18.2 Å². The van der Waals surface area contributed by atoms with E-state index in [1.165, 1.54) is 0 Å². The summed E-state index contributed by atoms with van der Waals surface area (Å²) in [6.45, 7) is 5.06. The standard InChI is InChI=1S/C19H28ClN3O3/c1-3-23(4-2)19(25)12-26-17-9-8-14(11-15(17)20)22-18(24)10-13-6-5-7-16(13)21/h8-9,11,13,16H,3-7,10,12,21H2,1-2H3,(H,22,24)/t13-,16+/m0/s1. The van der Waals surface area contributed by atoms with Crippen LogP contribution in [0, 0.1) is 5.92 Å². The predicted octanol–water partition coefficient (Wildman–Crippen LogP) is 3.04. The quantitative estimate of drug-likeness (QED) is 0.724. The van der Waals surface area contributed by atoms with Crippen LogP contribution in [-0.4, -0.2) is 42.5 Å². The van der Waals surface area contributed by atoms with E-state index in [2.05, 4.69) is 5.32 Å². The Morgan fingerprint density at radius 3 is 2.62 bits per heavy atom. The van der Waals surface area contributed by atoms with Crippen molar-refractivity contribution < 1.29 is 14.3 Å². The number of carbonyl (C=O) groups excluding carboxylic acids is 2. The SMILES string of the molecule is CCN(CC)C(=O)COc1ccc(NC(=O)C[C@@H]2CCC[C@H]2N)cc1Cl. The summed E-state index contributed by atoms with van der Waals surface area (Å²) in [5.41, 5.74) is 6.62. The number of benzene rings is 1. The number of hydrogen-bond donors (Lipinski definition) is 2. The van der Waals surface area contributed by atoms with E-state index < -0.39 is 0 Å². The van der Waals surface area contributed by atoms with Gasteiger partial charge in [-0.25, -0.2) is 0 Å². The van der Waals surface area contributed by atoms with Crippen molar-refractivity contribution in [2.45, 2.75) is 45.6 Å². The number of rotatable bonds is 8. The summed E-state index contributed by atoms with van der Waals surface area (Å²) in [5, 5.41) is 3.20. The van der Waals surface area contributed by atoms with Crippen LogP contribution in [0.4, 0.5) is 5.69 Å². The third-order valence-electron chi connectivity index (χ3n) is 4.85. The smallest absolute Gasteiger partial charge is 0.260 e. The summed E-state index contributed by atoms with van der Waals surface area (Å²) in [7, 11) is 0. The lowest BCUT2D eigenvalue weighted by molar-refractivity contribution is -0.133. The first-order valence-electron chi connectivity index (χ1n) is 9.20. The van der Waals surface area contributed by atoms with E-state index in [1.807, 2.05) is 13.8 Å². The summed E-state index contributed by atoms with van der Waals surface area (Å²) < 4.78 is 5.51. The Kier molecular flexibility index (Phi) is 7.72. The molecule has 0 radical (unpaired) electrons. The zero-order valence-electron chi connectivity index (χ0n) is 15.5. The number of nitrogens with one attached hydrogen (secondary N) is 1. The van der Waals surface area contributed by atoms with E-state index in [1.54, 1.807) is 23.1 Å². The van der Waals surface area contributed by atoms with Gasteiger partial charge in [0.05, 0.1) is 5.02 Å². The van der Waals surface area contributed by atoms with Crippen LogP contribution in [0.5, 0.6) is 5.75 Å². The van der Waals surface area contributed by atoms with Crippen molar-refractivity contribution in [1.29, 1.82) is 0 Å². The van der Waals surface area contributed by atoms with Crippen molar-refractivity contribution in [3.63, 3.8) is 0 Å². The minimum atomic E-state index is -0.0867. The lowest BCUT2D eigenvalue weighted by atomic mass is 10.00. The lowest BCUT2D eigenvalue weighted by Gasteiger charge is -2.19. The normalized spacial score (nSPS) is 19.2. The van der Waals surface area contributed by atoms with Crippen molar-refractivity contribution in [3.05, 3.63) is 23.2 Å². The molecule has 0 bridgehead atoms. The van der Waals surface area contributed by atoms with Crippen molar-refractivity contribution in [2.75, 3.05) is 25.0 Å². The molecule has 2 amide bonds. The van der Waals surface area contributed by atoms with Crippen LogP contribution >= 0.6 is 11.6 Å². The van der Waals surface area contributed by atoms with E-state index >= 15 is 0 Å². The number of carbonyl (C=O) groups is 2. The second kappa shape index (κ2) is 9.78. The Balaban J connectivity index is 1.88. The highest BCUT2D eigenvalue weighted by Crippen LogP contribution is 2.29. The molecule has 1 aliphatic carbocycles. The van der Waals surface area contributed by atoms with E-state index in [4.69, 9.17) is 22.1 Å². The summed E-state index contributed by atoms with van der Waals surface area (Å²) in [6, 6.07) is 5.12. The second-order valence-corrected chi connectivity index (χ2v) is 7.01. The van der Waals surface area contributed by atoms with Gasteiger partial charge in [0.15, 0.2) is 6.61 Å². The molecule has 0 aromatic heterocycles. The molecule has 1 aromatic carbocycles. The van der Waals surface area contributed by atoms with Gasteiger partial charge in [-0.2, -0.15) is 0 Å². The maximum Gasteiger partial charge on any atom is 0.260 e. The molecule has 2 rings (SSSR count). The molecule has 2 atom stereocenters. The van der Waals surface area contributed by atoms with Crippen molar-refractivity contribution in [3.8, 4) is 5.75 Å². The Labute approximate surface area is 160 Å². The van der Waals surface area contributed by atoms with Gasteiger partial charge in [-0.1, -0.05) is 18.0 Å². The Hall–Kier alpha value is -1.79. The molecule has 1 saturated carbocycles. The highest BCUT2D eigenvalue weighted by atomic mass is 35.5. The van der Waals surface area contributed by atoms with Crippen LogP contribution < -0.4 is 15.8 Å². The average molecular weight is 382 g/mol. The molecule has 1 aromatic rings. The minimum Gasteiger partial charge on any atom is -0.482 e. The highest BCUT2D eigenvalue weighted by molar-refractivity contribution is 6.32. The average Bonchev–Trinajstić information content (AvgIpc) is 3.00. The molecule has 1 aliphatic rings. The first-order valence-corrected chi connectivity index (χ1v) is 9.57. The molecule has 144 valence electrons. The van der Waals surface area contributed by atoms with Crippen LogP contribution in [0.3, 0.4) is 0 Å². The molecule has 0 unspecified atom stereocenters. The number of likely N-dealkylation sites (N-methyl/N-ethyl adjacent to an activating group) is 1. The van der Waals surface area contributed by atoms with Crippen molar-refractivity contribution in [1.82, 2.24) is 4.90 Å². The summed E-state index contributed by atoms with van der Waals surface area (Å²) in [5.74, 6) is 0.521. The minimum absolute atomic E-state index is 0.0613. The van der Waals surface area contributed by atoms with Gasteiger partial charge >= 0.3 is 0 Å². The molecule has 0 saturated heterocycles. The molecular weight excluding hydrogens is 354 g/mol. The number of halogens is 1. The third-order valence-corrected chi connectivity index (χ3v) is 5.14. The van der Waals surface area contributed by atoms with Crippen molar-refractivity contribution >= 4 is 29.1 Å². The lowest BCUT2D eigenvalue weighted by Crippen LogP contribution is -2.34. The second-order valence-electron chi connectivity index (χ2n) is 6.61. The molecule has 0 spiro atoms. The summed E-state index contributed by atoms with van der Waals surface area (Å²) in [4.78, 5) is 25.9. The van der Waals surface area contributed by atoms with Gasteiger partial charge in [-0.3, -0.25) is 9.59 Å². The molecular formula is C19H28ClN3O3. The number of hydrogen-bond acceptors (Lipinski definition) is 4. The number of ether oxygens (including phenoxy) is 1. The molecule has 0 heterocycles. The van der Waals surface area contributed by atoms with E-state index in [0.29, 0.717) is 36.0 Å². The molecule has 6 nitrogen and oxygen atoms in total. The predicted molar refractivity (Wildman–Crippen MR) is 103 cm³/mol. The van der Waals surface area contributed by atoms with Gasteiger partial charge in [0, 0.05) is 31.2 Å². The summed E-state index contributed by atoms with van der Waals surface area (Å²) >= 11 is 6.22. The van der Waals surface area contributed by atoms with Crippen LogP contribution in [0.2, 0.25) is 5.02 Å². The maximum atomic E-state index is 12.2. The Bertz CT molecular complexity index is 634. The monoisotopic (exact) mass is 381 g/mol. The highest BCUT2D eigenvalue weighted by Gasteiger charge is 2.26. The van der Waals surface area contributed by atoms with Gasteiger partial charge in [0.1, 0.15) is 5.75 Å². The fraction of sp³-hybridized carbons (Fsp3) is 0.579.